The molecule has 0 saturated heterocycles. The van der Waals surface area contributed by atoms with Crippen LogP contribution in [0.1, 0.15) is 92.6 Å². The van der Waals surface area contributed by atoms with Crippen LogP contribution in [0.4, 0.5) is 0 Å². The Balaban J connectivity index is 1.23. The van der Waals surface area contributed by atoms with E-state index >= 15 is 0 Å². The Labute approximate surface area is 357 Å². The van der Waals surface area contributed by atoms with Crippen LogP contribution < -0.4 is 18.9 Å². The predicted octanol–water partition coefficient (Wildman–Crippen LogP) is 12.3. The Bertz CT molecular complexity index is 2310. The summed E-state index contributed by atoms with van der Waals surface area (Å²) in [5, 5.41) is 0. The number of hydrogen-bond donors (Lipinski definition) is 0. The van der Waals surface area contributed by atoms with Crippen molar-refractivity contribution in [3.05, 3.63) is 172 Å². The van der Waals surface area contributed by atoms with Crippen LogP contribution in [0.3, 0.4) is 0 Å². The molecule has 2 aliphatic heterocycles. The van der Waals surface area contributed by atoms with Crippen molar-refractivity contribution in [1.29, 1.82) is 0 Å². The fraction of sp³-hybridized carbons (Fsp3) is 0.302. The number of ketones is 1. The third kappa shape index (κ3) is 11.2. The Morgan fingerprint density at radius 3 is 2.27 bits per heavy atom. The highest BCUT2D eigenvalue weighted by molar-refractivity contribution is 6.00. The summed E-state index contributed by atoms with van der Waals surface area (Å²) in [6, 6.07) is 7.00. The van der Waals surface area contributed by atoms with Crippen LogP contribution >= 0.6 is 0 Å². The molecule has 0 saturated carbocycles. The Kier molecular flexibility index (Phi) is 15.8. The third-order valence-electron chi connectivity index (χ3n) is 10.7. The summed E-state index contributed by atoms with van der Waals surface area (Å²) in [4.78, 5) is 28.4. The fourth-order valence-corrected chi connectivity index (χ4v) is 7.39. The van der Waals surface area contributed by atoms with Crippen LogP contribution in [0.5, 0.6) is 23.0 Å². The van der Waals surface area contributed by atoms with Crippen molar-refractivity contribution in [3.63, 3.8) is 0 Å². The van der Waals surface area contributed by atoms with Gasteiger partial charge in [0.15, 0.2) is 28.8 Å². The average Bonchev–Trinajstić information content (AvgIpc) is 3.81. The van der Waals surface area contributed by atoms with Gasteiger partial charge in [0.2, 0.25) is 0 Å². The minimum Gasteiger partial charge on any atom is -0.493 e. The maximum atomic E-state index is 14.0. The molecule has 0 N–H and O–H groups in total. The molecular weight excluding hydrogens is 747 g/mol. The molecule has 0 radical (unpaired) electrons. The minimum atomic E-state index is -0.141. The maximum Gasteiger partial charge on any atom is 0.259 e. The number of nitrogens with zero attached hydrogens (tertiary/aromatic N) is 1. The van der Waals surface area contributed by atoms with Crippen LogP contribution in [-0.4, -0.2) is 50.1 Å². The van der Waals surface area contributed by atoms with Crippen LogP contribution in [0.15, 0.2) is 150 Å². The molecule has 312 valence electrons. The number of carbonyl (C=O) groups is 2. The lowest BCUT2D eigenvalue weighted by molar-refractivity contribution is 0.0805. The molecule has 2 aromatic rings. The summed E-state index contributed by atoms with van der Waals surface area (Å²) in [6.45, 7) is 20.6. The second-order valence-corrected chi connectivity index (χ2v) is 15.6. The standard InChI is InChI=1S/C53H59NO6/c1-11-39(23-21-35(3)4)44-27-37(7)41(28-44)17-13-14-18-42-30-51(49(57-9)32-47(42)38(8)55)59-25-16-26-60-52-31-43-19-15-20-46-29-45(40(12-2)24-22-36(5)6)34-54(46)53(56)48(43)33-50(52)58-10/h11-14,17-24,27,30-34,37,41,46H,1,5,16,25-26,28-29H2,2-4,6-10H3. The van der Waals surface area contributed by atoms with Gasteiger partial charge in [0, 0.05) is 18.2 Å². The lowest BCUT2D eigenvalue weighted by Crippen LogP contribution is -2.32. The number of benzene rings is 2. The molecule has 3 atom stereocenters. The minimum absolute atomic E-state index is 0.0661. The van der Waals surface area contributed by atoms with E-state index in [0.29, 0.717) is 77.6 Å². The number of hydrogen-bond acceptors (Lipinski definition) is 6. The van der Waals surface area contributed by atoms with Crippen molar-refractivity contribution in [2.45, 2.75) is 66.8 Å². The van der Waals surface area contributed by atoms with Gasteiger partial charge in [-0.3, -0.25) is 9.59 Å². The zero-order valence-electron chi connectivity index (χ0n) is 36.5. The third-order valence-corrected chi connectivity index (χ3v) is 10.7. The molecule has 0 spiro atoms. The van der Waals surface area contributed by atoms with Gasteiger partial charge in [-0.15, -0.1) is 5.73 Å². The predicted molar refractivity (Wildman–Crippen MR) is 246 cm³/mol. The van der Waals surface area contributed by atoms with Gasteiger partial charge < -0.3 is 23.8 Å². The van der Waals surface area contributed by atoms with Gasteiger partial charge in [-0.2, -0.15) is 0 Å². The van der Waals surface area contributed by atoms with Gasteiger partial charge in [-0.1, -0.05) is 98.1 Å². The number of ether oxygens (including phenoxy) is 4. The topological polar surface area (TPSA) is 74.3 Å². The van der Waals surface area contributed by atoms with Crippen molar-refractivity contribution in [3.8, 4) is 23.0 Å². The Morgan fingerprint density at radius 1 is 0.900 bits per heavy atom. The smallest absolute Gasteiger partial charge is 0.259 e. The number of fused-ring (bicyclic) bond motifs is 2. The first-order valence-corrected chi connectivity index (χ1v) is 20.6. The van der Waals surface area contributed by atoms with Crippen molar-refractivity contribution < 1.29 is 28.5 Å². The molecule has 5 rings (SSSR count). The van der Waals surface area contributed by atoms with Crippen molar-refractivity contribution in [1.82, 2.24) is 4.90 Å². The number of rotatable bonds is 18. The van der Waals surface area contributed by atoms with E-state index in [1.807, 2.05) is 80.8 Å². The first kappa shape index (κ1) is 44.8. The van der Waals surface area contributed by atoms with Gasteiger partial charge in [0.25, 0.3) is 5.91 Å². The second-order valence-electron chi connectivity index (χ2n) is 15.6. The van der Waals surface area contributed by atoms with E-state index in [2.05, 4.69) is 70.0 Å². The van der Waals surface area contributed by atoms with Crippen LogP contribution in [-0.2, 0) is 0 Å². The summed E-state index contributed by atoms with van der Waals surface area (Å²) in [7, 11) is 3.13. The van der Waals surface area contributed by atoms with Crippen molar-refractivity contribution in [2.75, 3.05) is 27.4 Å². The van der Waals surface area contributed by atoms with E-state index in [4.69, 9.17) is 18.9 Å². The van der Waals surface area contributed by atoms with Gasteiger partial charge in [0.05, 0.1) is 39.0 Å². The number of methoxy groups -OCH3 is 2. The molecule has 0 fully saturated rings. The molecule has 7 heteroatoms. The lowest BCUT2D eigenvalue weighted by Gasteiger charge is -2.23. The number of amides is 1. The molecule has 7 nitrogen and oxygen atoms in total. The van der Waals surface area contributed by atoms with E-state index in [0.717, 1.165) is 34.3 Å². The molecule has 3 aliphatic rings. The summed E-state index contributed by atoms with van der Waals surface area (Å²) in [5.41, 5.74) is 12.6. The van der Waals surface area contributed by atoms with Crippen LogP contribution in [0.25, 0.3) is 12.2 Å². The number of Topliss-reactive ketones (excluding diaryl/α,β-unsaturated/α-hetero) is 1. The highest BCUT2D eigenvalue weighted by Gasteiger charge is 2.32. The fourth-order valence-electron chi connectivity index (χ4n) is 7.39. The molecule has 60 heavy (non-hydrogen) atoms. The monoisotopic (exact) mass is 805 g/mol. The van der Waals surface area contributed by atoms with E-state index < -0.39 is 0 Å². The second kappa shape index (κ2) is 21.1. The summed E-state index contributed by atoms with van der Waals surface area (Å²) in [5.74, 6) is 2.57. The highest BCUT2D eigenvalue weighted by Crippen LogP contribution is 2.38. The number of carbonyl (C=O) groups excluding carboxylic acids is 2. The summed E-state index contributed by atoms with van der Waals surface area (Å²) in [6.07, 6.45) is 30.6. The van der Waals surface area contributed by atoms with Crippen molar-refractivity contribution >= 4 is 23.8 Å². The molecule has 1 amide bonds. The Hall–Kier alpha value is -6.30. The average molecular weight is 806 g/mol. The van der Waals surface area contributed by atoms with E-state index in [-0.39, 0.29) is 17.7 Å². The van der Waals surface area contributed by atoms with Crippen LogP contribution in [0, 0.1) is 11.8 Å². The zero-order valence-corrected chi connectivity index (χ0v) is 36.5. The summed E-state index contributed by atoms with van der Waals surface area (Å²) < 4.78 is 23.7. The maximum absolute atomic E-state index is 14.0. The van der Waals surface area contributed by atoms with Crippen molar-refractivity contribution in [2.24, 2.45) is 11.8 Å². The first-order valence-electron chi connectivity index (χ1n) is 20.6. The molecule has 3 unspecified atom stereocenters. The molecule has 2 aromatic carbocycles. The molecule has 0 bridgehead atoms. The quantitative estimate of drug-likeness (QED) is 0.0646. The van der Waals surface area contributed by atoms with Gasteiger partial charge in [-0.25, -0.2) is 0 Å². The molecule has 2 heterocycles. The Morgan fingerprint density at radius 2 is 1.62 bits per heavy atom. The highest BCUT2D eigenvalue weighted by atomic mass is 16.5. The molecule has 0 aromatic heterocycles. The number of allylic oxidation sites excluding steroid dienone is 15. The van der Waals surface area contributed by atoms with Gasteiger partial charge >= 0.3 is 0 Å². The van der Waals surface area contributed by atoms with E-state index in [1.165, 1.54) is 11.1 Å². The molecular formula is C53H59NO6. The largest absolute Gasteiger partial charge is 0.493 e. The molecule has 1 aliphatic carbocycles. The van der Waals surface area contributed by atoms with Gasteiger partial charge in [-0.05, 0) is 129 Å². The first-order chi connectivity index (χ1) is 28.9. The van der Waals surface area contributed by atoms with Gasteiger partial charge in [0.1, 0.15) is 0 Å². The summed E-state index contributed by atoms with van der Waals surface area (Å²) >= 11 is 0. The van der Waals surface area contributed by atoms with Crippen LogP contribution in [0.2, 0.25) is 0 Å². The zero-order chi connectivity index (χ0) is 43.3. The normalized spacial score (nSPS) is 18.9. The van der Waals surface area contributed by atoms with E-state index in [1.54, 1.807) is 38.2 Å². The SMILES string of the molecule is C=CC(=CC=C(C)C)C1=CC(C)C(C=CC=Cc2cc(OCCCOc3cc4c(cc3OC)C(=O)N3C=C(C(C=CC(=C)C)=CC)CC3C=C=C4)c(OC)cc2C(C)=O)C1. The van der Waals surface area contributed by atoms with E-state index in [9.17, 15) is 9.59 Å². The lowest BCUT2D eigenvalue weighted by atomic mass is 9.95.